The maximum atomic E-state index is 14.1. The molecule has 1 N–H and O–H groups in total. The Balaban J connectivity index is 2.12. The minimum absolute atomic E-state index is 0.0461. The second kappa shape index (κ2) is 13.9. The molecule has 0 saturated heterocycles. The van der Waals surface area contributed by atoms with E-state index >= 15 is 0 Å². The Labute approximate surface area is 255 Å². The number of hydrogen-bond acceptors (Lipinski definition) is 4. The van der Waals surface area contributed by atoms with E-state index in [1.807, 2.05) is 44.2 Å². The molecule has 7 nitrogen and oxygen atoms in total. The second-order valence-corrected chi connectivity index (χ2v) is 13.0. The van der Waals surface area contributed by atoms with Crippen molar-refractivity contribution < 1.29 is 18.0 Å². The molecule has 3 aromatic carbocycles. The lowest BCUT2D eigenvalue weighted by Gasteiger charge is -2.34. The van der Waals surface area contributed by atoms with Crippen molar-refractivity contribution in [1.29, 1.82) is 0 Å². The summed E-state index contributed by atoms with van der Waals surface area (Å²) in [7, 11) is -3.99. The molecular formula is C28H29Cl4N3O4S. The lowest BCUT2D eigenvalue weighted by molar-refractivity contribution is -0.140. The Hall–Kier alpha value is -2.49. The molecule has 0 aromatic heterocycles. The quantitative estimate of drug-likeness (QED) is 0.268. The highest BCUT2D eigenvalue weighted by Crippen LogP contribution is 2.31. The number of rotatable bonds is 11. The van der Waals surface area contributed by atoms with Crippen LogP contribution < -0.4 is 9.62 Å². The molecule has 0 heterocycles. The molecule has 3 rings (SSSR count). The first-order valence-electron chi connectivity index (χ1n) is 12.3. The van der Waals surface area contributed by atoms with Gasteiger partial charge in [0, 0.05) is 39.6 Å². The van der Waals surface area contributed by atoms with Gasteiger partial charge in [-0.3, -0.25) is 13.9 Å². The number of sulfonamides is 1. The third kappa shape index (κ3) is 8.51. The monoisotopic (exact) mass is 643 g/mol. The molecule has 0 aliphatic rings. The highest BCUT2D eigenvalue weighted by Gasteiger charge is 2.34. The van der Waals surface area contributed by atoms with Crippen molar-refractivity contribution in [3.63, 3.8) is 0 Å². The van der Waals surface area contributed by atoms with E-state index in [9.17, 15) is 18.0 Å². The third-order valence-corrected chi connectivity index (χ3v) is 8.32. The fourth-order valence-electron chi connectivity index (χ4n) is 4.07. The summed E-state index contributed by atoms with van der Waals surface area (Å²) >= 11 is 25.3. The molecule has 12 heteroatoms. The van der Waals surface area contributed by atoms with Crippen molar-refractivity contribution in [2.24, 2.45) is 0 Å². The van der Waals surface area contributed by atoms with E-state index in [1.165, 1.54) is 23.1 Å². The first-order valence-corrected chi connectivity index (χ1v) is 15.6. The number of carbonyl (C=O) groups excluding carboxylic acids is 2. The van der Waals surface area contributed by atoms with Gasteiger partial charge in [-0.05, 0) is 49.7 Å². The largest absolute Gasteiger partial charge is 0.352 e. The zero-order valence-electron chi connectivity index (χ0n) is 22.1. The number of nitrogens with one attached hydrogen (secondary N) is 1. The third-order valence-electron chi connectivity index (χ3n) is 5.95. The maximum Gasteiger partial charge on any atom is 0.244 e. The van der Waals surface area contributed by atoms with Crippen LogP contribution in [0.4, 0.5) is 5.69 Å². The molecule has 0 radical (unpaired) electrons. The van der Waals surface area contributed by atoms with Crippen LogP contribution in [-0.4, -0.2) is 50.0 Å². The van der Waals surface area contributed by atoms with Crippen LogP contribution in [0.1, 0.15) is 25.0 Å². The van der Waals surface area contributed by atoms with Crippen molar-refractivity contribution in [3.8, 4) is 0 Å². The van der Waals surface area contributed by atoms with Crippen LogP contribution in [0.25, 0.3) is 0 Å². The Morgan fingerprint density at radius 3 is 2.05 bits per heavy atom. The molecule has 0 bridgehead atoms. The SMILES string of the molecule is CC(C)NC(=O)C(Cc1ccccc1)N(Cc1c(Cl)cccc1Cl)C(=O)CN(c1ccc(Cl)cc1Cl)S(C)(=O)=O. The van der Waals surface area contributed by atoms with Crippen LogP contribution in [0.3, 0.4) is 0 Å². The molecule has 0 spiro atoms. The van der Waals surface area contributed by atoms with Crippen LogP contribution >= 0.6 is 46.4 Å². The van der Waals surface area contributed by atoms with Gasteiger partial charge in [0.05, 0.1) is 17.0 Å². The fraction of sp³-hybridized carbons (Fsp3) is 0.286. The summed E-state index contributed by atoms with van der Waals surface area (Å²) < 4.78 is 26.6. The van der Waals surface area contributed by atoms with E-state index in [2.05, 4.69) is 5.32 Å². The summed E-state index contributed by atoms with van der Waals surface area (Å²) in [6.45, 7) is 2.83. The number of halogens is 4. The highest BCUT2D eigenvalue weighted by molar-refractivity contribution is 7.92. The molecule has 2 amide bonds. The summed E-state index contributed by atoms with van der Waals surface area (Å²) in [4.78, 5) is 29.0. The molecule has 0 aliphatic heterocycles. The van der Waals surface area contributed by atoms with Gasteiger partial charge in [-0.25, -0.2) is 8.42 Å². The Bertz CT molecular complexity index is 1450. The average Bonchev–Trinajstić information content (AvgIpc) is 2.86. The van der Waals surface area contributed by atoms with Crippen molar-refractivity contribution in [2.75, 3.05) is 17.1 Å². The number of hydrogen-bond donors (Lipinski definition) is 1. The van der Waals surface area contributed by atoms with Crippen LogP contribution in [-0.2, 0) is 32.6 Å². The predicted octanol–water partition coefficient (Wildman–Crippen LogP) is 6.23. The van der Waals surface area contributed by atoms with Crippen molar-refractivity contribution in [1.82, 2.24) is 10.2 Å². The molecular weight excluding hydrogens is 616 g/mol. The molecule has 3 aromatic rings. The van der Waals surface area contributed by atoms with E-state index in [-0.39, 0.29) is 29.7 Å². The number of nitrogens with zero attached hydrogens (tertiary/aromatic N) is 2. The van der Waals surface area contributed by atoms with Crippen LogP contribution in [0.2, 0.25) is 20.1 Å². The summed E-state index contributed by atoms with van der Waals surface area (Å²) in [6, 6.07) is 17.2. The highest BCUT2D eigenvalue weighted by atomic mass is 35.5. The number of carbonyl (C=O) groups is 2. The van der Waals surface area contributed by atoms with Gasteiger partial charge in [-0.1, -0.05) is 82.8 Å². The van der Waals surface area contributed by atoms with Gasteiger partial charge < -0.3 is 10.2 Å². The van der Waals surface area contributed by atoms with Crippen LogP contribution in [0, 0.1) is 0 Å². The van der Waals surface area contributed by atoms with Gasteiger partial charge in [0.15, 0.2) is 0 Å². The Morgan fingerprint density at radius 2 is 1.50 bits per heavy atom. The van der Waals surface area contributed by atoms with Crippen molar-refractivity contribution in [3.05, 3.63) is 97.9 Å². The number of amides is 2. The lowest BCUT2D eigenvalue weighted by Crippen LogP contribution is -2.54. The summed E-state index contributed by atoms with van der Waals surface area (Å²) in [6.07, 6.45) is 1.13. The number of anilines is 1. The van der Waals surface area contributed by atoms with Gasteiger partial charge in [-0.15, -0.1) is 0 Å². The molecule has 0 aliphatic carbocycles. The summed E-state index contributed by atoms with van der Waals surface area (Å²) in [5.41, 5.74) is 1.30. The molecule has 1 atom stereocenters. The van der Waals surface area contributed by atoms with Gasteiger partial charge >= 0.3 is 0 Å². The van der Waals surface area contributed by atoms with Crippen molar-refractivity contribution in [2.45, 2.75) is 38.9 Å². The van der Waals surface area contributed by atoms with Crippen molar-refractivity contribution >= 4 is 73.9 Å². The first kappa shape index (κ1) is 32.0. The fourth-order valence-corrected chi connectivity index (χ4v) is 6.01. The van der Waals surface area contributed by atoms with Gasteiger partial charge in [0.1, 0.15) is 12.6 Å². The lowest BCUT2D eigenvalue weighted by atomic mass is 10.0. The normalized spacial score (nSPS) is 12.2. The number of benzene rings is 3. The smallest absolute Gasteiger partial charge is 0.244 e. The Kier molecular flexibility index (Phi) is 11.1. The molecule has 214 valence electrons. The topological polar surface area (TPSA) is 86.8 Å². The average molecular weight is 645 g/mol. The van der Waals surface area contributed by atoms with Gasteiger partial charge in [0.2, 0.25) is 21.8 Å². The zero-order valence-corrected chi connectivity index (χ0v) is 25.9. The van der Waals surface area contributed by atoms with Crippen LogP contribution in [0.5, 0.6) is 0 Å². The molecule has 0 fully saturated rings. The van der Waals surface area contributed by atoms with E-state index < -0.39 is 34.4 Å². The van der Waals surface area contributed by atoms with Crippen LogP contribution in [0.15, 0.2) is 66.7 Å². The molecule has 0 saturated carbocycles. The van der Waals surface area contributed by atoms with Gasteiger partial charge in [0.25, 0.3) is 0 Å². The van der Waals surface area contributed by atoms with Gasteiger partial charge in [-0.2, -0.15) is 0 Å². The predicted molar refractivity (Wildman–Crippen MR) is 163 cm³/mol. The van der Waals surface area contributed by atoms with E-state index in [4.69, 9.17) is 46.4 Å². The first-order chi connectivity index (χ1) is 18.8. The summed E-state index contributed by atoms with van der Waals surface area (Å²) in [5.74, 6) is -1.07. The van der Waals surface area contributed by atoms with E-state index in [1.54, 1.807) is 18.2 Å². The maximum absolute atomic E-state index is 14.1. The Morgan fingerprint density at radius 1 is 0.875 bits per heavy atom. The standard InChI is InChI=1S/C28H29Cl4N3O4S/c1-18(2)33-28(37)26(14-19-8-5-4-6-9-19)34(16-21-22(30)10-7-11-23(21)31)27(36)17-35(40(3,38)39)25-13-12-20(29)15-24(25)32/h4-13,15,18,26H,14,16-17H2,1-3H3,(H,33,37). The minimum Gasteiger partial charge on any atom is -0.352 e. The second-order valence-electron chi connectivity index (χ2n) is 9.46. The summed E-state index contributed by atoms with van der Waals surface area (Å²) in [5, 5.41) is 3.83. The molecule has 1 unspecified atom stereocenters. The van der Waals surface area contributed by atoms with E-state index in [0.29, 0.717) is 20.6 Å². The minimum atomic E-state index is -3.99. The molecule has 40 heavy (non-hydrogen) atoms. The zero-order chi connectivity index (χ0) is 29.6. The van der Waals surface area contributed by atoms with E-state index in [0.717, 1.165) is 16.1 Å².